The van der Waals surface area contributed by atoms with E-state index in [1.54, 1.807) is 10.8 Å². The van der Waals surface area contributed by atoms with E-state index in [4.69, 9.17) is 0 Å². The summed E-state index contributed by atoms with van der Waals surface area (Å²) in [5.74, 6) is -16.5. The number of benzene rings is 9. The standard InChI is InChI=1S/C81H83N9O45S9/c91-73(83-66(40-50-10-26-58(27-11-50)130-139(110,111)112)75(93)85-68(42-52-14-30-60(31-15-52)132-141(116,117)118)77(95)87-70(44-54-18-34-62(35-19-54)134-143(122,123)124)79(97)89-72(81(99)100)46-55-20-36-63(37-21-55)135-144(125,126)127)64(38-48-6-22-56(23-7-48)128-137(104,105)106)82-74(92)65(39-49-8-24-57(25-9-49)129-138(107,108)109)84-76(94)67(41-51-12-28-59(29-13-51)131-140(113,114)115)86-78(96)69(43-53-16-32-61(33-17-53)133-142(119,120)121)88-80(98)71(90-136(101,102)103)45-47-4-2-1-3-5-47/h1-37,64-72,90H,38-46H2,(H,82,92)(H,83,91)(H,84,94)(H,85,93)(H,86,96)(H,87,95)(H,88,98)(H,89,97)(H,99,100)(H,101,102,103)(H,104,105,106)(H,107,108,109)(H,110,111,112)(H,113,114,115)(H,116,117,118)(H,119,120,121)(H,122,123,124)(H,125,126,127)/t64-,65-,66-,67-,68-,69-,70-,71-,72-/m0/s1. The highest BCUT2D eigenvalue weighted by molar-refractivity contribution is 7.84. The predicted octanol–water partition coefficient (Wildman–Crippen LogP) is 6.07. The van der Waals surface area contributed by atoms with Crippen LogP contribution in [0, 0.1) is 0 Å². The van der Waals surface area contributed by atoms with Crippen molar-refractivity contribution in [3.05, 3.63) is 275 Å². The van der Waals surface area contributed by atoms with Crippen molar-refractivity contribution in [3.8, 4) is 46.0 Å². The topological polar surface area (TPSA) is 873 Å². The first kappa shape index (κ1) is 113. The highest BCUT2D eigenvalue weighted by Crippen LogP contribution is 2.28. The van der Waals surface area contributed by atoms with Crippen LogP contribution >= 0.6 is 0 Å². The molecule has 0 amide bonds. The van der Waals surface area contributed by atoms with Gasteiger partial charge in [-0.3, -0.25) is 41.0 Å². The van der Waals surface area contributed by atoms with Crippen LogP contribution in [0.25, 0.3) is 0 Å². The lowest BCUT2D eigenvalue weighted by Gasteiger charge is -2.21. The van der Waals surface area contributed by atoms with Crippen molar-refractivity contribution in [2.45, 2.75) is 112 Å². The minimum Gasteiger partial charge on any atom is -0.495 e. The average Bonchev–Trinajstić information content (AvgIpc) is 0.831. The molecule has 9 aromatic rings. The summed E-state index contributed by atoms with van der Waals surface area (Å²) in [7, 11) is -46.9. The molecule has 0 fully saturated rings. The second kappa shape index (κ2) is 48.7. The van der Waals surface area contributed by atoms with Crippen LogP contribution in [0.4, 0.5) is 0 Å². The number of carboxylic acid groups (broad SMARTS) is 1. The number of nitrogens with zero attached hydrogens (tertiary/aromatic N) is 8. The van der Waals surface area contributed by atoms with Gasteiger partial charge in [0.15, 0.2) is 6.04 Å². The van der Waals surface area contributed by atoms with Gasteiger partial charge in [0.05, 0.1) is 0 Å². The number of carboxylic acids is 1. The highest BCUT2D eigenvalue weighted by atomic mass is 32.3. The summed E-state index contributed by atoms with van der Waals surface area (Å²) in [5.41, 5.74) is -0.0331. The van der Waals surface area contributed by atoms with Crippen LogP contribution in [-0.4, -0.2) is 270 Å². The fourth-order valence-electron chi connectivity index (χ4n) is 12.9. The number of carbonyl (C=O) groups is 1. The number of aliphatic carboxylic acids is 1. The van der Waals surface area contributed by atoms with Crippen molar-refractivity contribution in [1.82, 2.24) is 4.72 Å². The number of nitrogens with one attached hydrogen (secondary N) is 1. The Morgan fingerprint density at radius 3 is 0.486 bits per heavy atom. The summed E-state index contributed by atoms with van der Waals surface area (Å²) in [6.07, 6.45) is -6.61. The molecule has 144 heavy (non-hydrogen) atoms. The molecule has 0 saturated carbocycles. The summed E-state index contributed by atoms with van der Waals surface area (Å²) in [6.45, 7) is 0. The third-order valence-electron chi connectivity index (χ3n) is 19.0. The van der Waals surface area contributed by atoms with E-state index in [2.05, 4.69) is 73.4 Å². The minimum atomic E-state index is -5.28. The number of rotatable bonds is 53. The Morgan fingerprint density at radius 1 is 0.201 bits per heavy atom. The molecule has 9 atom stereocenters. The largest absolute Gasteiger partial charge is 0.495 e. The maximum atomic E-state index is 13.0. The Balaban J connectivity index is 1.29. The summed E-state index contributed by atoms with van der Waals surface area (Å²) in [4.78, 5) is 47.1. The van der Waals surface area contributed by atoms with E-state index in [0.29, 0.717) is 0 Å². The zero-order valence-corrected chi connectivity index (χ0v) is 80.1. The molecule has 0 aliphatic rings. The van der Waals surface area contributed by atoms with Crippen LogP contribution in [0.2, 0.25) is 0 Å². The molecule has 0 aromatic heterocycles. The van der Waals surface area contributed by atoms with Gasteiger partial charge in [-0.25, -0.2) is 44.7 Å². The maximum Gasteiger partial charge on any atom is 0.446 e. The number of hydrogen-bond acceptors (Lipinski definition) is 35. The Kier molecular flexibility index (Phi) is 38.3. The predicted molar refractivity (Wildman–Crippen MR) is 506 cm³/mol. The van der Waals surface area contributed by atoms with Gasteiger partial charge in [0.25, 0.3) is 0 Å². The molecular weight excluding hydrogens is 2110 g/mol. The molecule has 0 radical (unpaired) electrons. The van der Waals surface area contributed by atoms with Crippen LogP contribution in [0.3, 0.4) is 0 Å². The first-order chi connectivity index (χ1) is 66.9. The van der Waals surface area contributed by atoms with E-state index in [1.165, 1.54) is 24.3 Å². The molecule has 9 rings (SSSR count). The van der Waals surface area contributed by atoms with E-state index < -0.39 is 305 Å². The summed E-state index contributed by atoms with van der Waals surface area (Å²) < 4.78 is 338. The van der Waals surface area contributed by atoms with Crippen LogP contribution in [0.15, 0.2) is 264 Å². The number of hydrogen-bond donors (Lipinski definition) is 19. The van der Waals surface area contributed by atoms with Gasteiger partial charge in [-0.2, -0.15) is 80.5 Å². The van der Waals surface area contributed by atoms with Crippen molar-refractivity contribution in [2.24, 2.45) is 39.9 Å². The molecule has 0 aliphatic heterocycles. The first-order valence-electron chi connectivity index (χ1n) is 40.1. The molecule has 776 valence electrons. The van der Waals surface area contributed by atoms with E-state index in [1.807, 2.05) is 0 Å². The van der Waals surface area contributed by atoms with Crippen molar-refractivity contribution in [1.29, 1.82) is 0 Å². The van der Waals surface area contributed by atoms with Gasteiger partial charge in [-0.05, 0) is 154 Å². The van der Waals surface area contributed by atoms with Gasteiger partial charge in [-0.1, -0.05) is 127 Å². The fourth-order valence-corrected chi connectivity index (χ4v) is 16.3. The summed E-state index contributed by atoms with van der Waals surface area (Å²) >= 11 is 0. The number of aliphatic hydroxyl groups is 8. The van der Waals surface area contributed by atoms with Gasteiger partial charge in [-0.15, -0.1) is 0 Å². The minimum absolute atomic E-state index is 0.00739. The zero-order chi connectivity index (χ0) is 106. The SMILES string of the molecule is O=C(O)[C@H](Cc1ccc(OS(=O)(=O)O)cc1)N=C(O)[C@H](Cc1ccc(OS(=O)(=O)O)cc1)N=C(O)[C@H](Cc1ccc(OS(=O)(=O)O)cc1)N=C(O)[C@H](Cc1ccc(OS(=O)(=O)O)cc1)N=C(O)[C@H](Cc1ccc(OS(=O)(=O)O)cc1)N=C(O)[C@H](Cc1ccc(OS(=O)(=O)O)cc1)N=C(O)[C@H](Cc1ccc(OS(=O)(=O)O)cc1)N=C(O)[C@H](Cc1ccc(OS(=O)(=O)O)cc1)N=C(O)[C@H](Cc1ccccc1)NS(=O)(=O)O. The number of aliphatic imine (C=N–C) groups is 8. The Labute approximate surface area is 819 Å². The van der Waals surface area contributed by atoms with Crippen molar-refractivity contribution in [2.75, 3.05) is 0 Å². The van der Waals surface area contributed by atoms with Crippen LogP contribution in [0.5, 0.6) is 46.0 Å². The molecular formula is C81H83N9O45S9. The van der Waals surface area contributed by atoms with E-state index in [0.717, 1.165) is 194 Å². The smallest absolute Gasteiger partial charge is 0.446 e. The highest BCUT2D eigenvalue weighted by Gasteiger charge is 2.34. The van der Waals surface area contributed by atoms with E-state index in [9.17, 15) is 167 Å². The maximum absolute atomic E-state index is 13.0. The van der Waals surface area contributed by atoms with Crippen LogP contribution in [-0.2, 0) is 156 Å². The Morgan fingerprint density at radius 2 is 0.340 bits per heavy atom. The van der Waals surface area contributed by atoms with Crippen molar-refractivity contribution < 1.29 is 201 Å². The van der Waals surface area contributed by atoms with Crippen LogP contribution < -0.4 is 38.2 Å². The zero-order valence-electron chi connectivity index (χ0n) is 72.7. The molecule has 9 aromatic carbocycles. The molecule has 0 aliphatic carbocycles. The molecule has 54 nitrogen and oxygen atoms in total. The summed E-state index contributed by atoms with van der Waals surface area (Å²) in [6, 6.07) is 21.2. The fraction of sp³-hybridized carbons (Fsp3) is 0.222. The summed E-state index contributed by atoms with van der Waals surface area (Å²) in [5, 5.41) is 111. The van der Waals surface area contributed by atoms with Crippen molar-refractivity contribution >= 4 is 147 Å². The van der Waals surface area contributed by atoms with Gasteiger partial charge in [0, 0.05) is 51.4 Å². The van der Waals surface area contributed by atoms with Crippen LogP contribution in [0.1, 0.15) is 50.1 Å². The van der Waals surface area contributed by atoms with Crippen molar-refractivity contribution in [3.63, 3.8) is 0 Å². The van der Waals surface area contributed by atoms with Gasteiger partial charge >= 0.3 is 99.5 Å². The molecule has 0 saturated heterocycles. The van der Waals surface area contributed by atoms with Gasteiger partial charge in [0.1, 0.15) is 94.3 Å². The van der Waals surface area contributed by atoms with E-state index >= 15 is 0 Å². The number of aliphatic hydroxyl groups excluding tert-OH is 8. The third kappa shape index (κ3) is 41.4. The average molecular weight is 2190 g/mol. The monoisotopic (exact) mass is 2190 g/mol. The normalized spacial score (nSPS) is 15.4. The molecule has 0 unspecified atom stereocenters. The van der Waals surface area contributed by atoms with E-state index in [-0.39, 0.29) is 50.1 Å². The third-order valence-corrected chi connectivity index (χ3v) is 22.8. The lowest BCUT2D eigenvalue weighted by atomic mass is 10.0. The Hall–Kier alpha value is -14.2. The molecule has 0 heterocycles. The second-order valence-corrected chi connectivity index (χ2v) is 39.4. The molecule has 0 spiro atoms. The molecule has 0 bridgehead atoms. The first-order valence-corrected chi connectivity index (χ1v) is 52.5. The molecule has 63 heteroatoms. The molecule has 19 N–H and O–H groups in total. The van der Waals surface area contributed by atoms with Gasteiger partial charge in [0.2, 0.25) is 47.2 Å². The lowest BCUT2D eigenvalue weighted by molar-refractivity contribution is -0.138. The quantitative estimate of drug-likeness (QED) is 0.0117. The Bertz CT molecular complexity index is 7420. The lowest BCUT2D eigenvalue weighted by Crippen LogP contribution is -2.43. The van der Waals surface area contributed by atoms with Gasteiger partial charge < -0.3 is 79.4 Å². The second-order valence-electron chi connectivity index (χ2n) is 30.1.